The van der Waals surface area contributed by atoms with Gasteiger partial charge in [0.05, 0.1) is 21.8 Å². The van der Waals surface area contributed by atoms with Crippen molar-refractivity contribution in [3.63, 3.8) is 0 Å². The van der Waals surface area contributed by atoms with Crippen molar-refractivity contribution in [2.75, 3.05) is 11.9 Å². The van der Waals surface area contributed by atoms with Gasteiger partial charge in [0, 0.05) is 16.0 Å². The molecule has 0 fully saturated rings. The molecule has 1 unspecified atom stereocenters. The number of nitrogens with one attached hydrogen (secondary N) is 1. The first-order chi connectivity index (χ1) is 9.47. The third-order valence-electron chi connectivity index (χ3n) is 2.71. The predicted octanol–water partition coefficient (Wildman–Crippen LogP) is 5.55. The SMILES string of the molecule is OC(CNc1c(Cl)cc(Cl)cc1Cl)c1cccc(Br)c1. The van der Waals surface area contributed by atoms with Gasteiger partial charge in [-0.25, -0.2) is 0 Å². The van der Waals surface area contributed by atoms with Crippen LogP contribution in [0.4, 0.5) is 5.69 Å². The summed E-state index contributed by atoms with van der Waals surface area (Å²) in [6.07, 6.45) is -0.671. The number of halogens is 4. The fourth-order valence-electron chi connectivity index (χ4n) is 1.74. The average Bonchev–Trinajstić information content (AvgIpc) is 2.37. The lowest BCUT2D eigenvalue weighted by Gasteiger charge is -2.15. The Morgan fingerprint density at radius 2 is 1.75 bits per heavy atom. The largest absolute Gasteiger partial charge is 0.387 e. The second kappa shape index (κ2) is 7.01. The average molecular weight is 396 g/mol. The highest BCUT2D eigenvalue weighted by Crippen LogP contribution is 2.34. The molecule has 2 aromatic carbocycles. The Kier molecular flexibility index (Phi) is 5.58. The van der Waals surface area contributed by atoms with Gasteiger partial charge in [-0.3, -0.25) is 0 Å². The zero-order valence-electron chi connectivity index (χ0n) is 10.2. The maximum absolute atomic E-state index is 10.1. The van der Waals surface area contributed by atoms with E-state index in [-0.39, 0.29) is 6.54 Å². The van der Waals surface area contributed by atoms with Gasteiger partial charge >= 0.3 is 0 Å². The minimum Gasteiger partial charge on any atom is -0.387 e. The lowest BCUT2D eigenvalue weighted by atomic mass is 10.1. The number of benzene rings is 2. The Morgan fingerprint density at radius 1 is 1.10 bits per heavy atom. The maximum Gasteiger partial charge on any atom is 0.0962 e. The van der Waals surface area contributed by atoms with Gasteiger partial charge in [-0.05, 0) is 29.8 Å². The molecule has 0 heterocycles. The van der Waals surface area contributed by atoms with Crippen molar-refractivity contribution in [3.8, 4) is 0 Å². The normalized spacial score (nSPS) is 12.2. The van der Waals surface area contributed by atoms with Gasteiger partial charge in [0.1, 0.15) is 0 Å². The Morgan fingerprint density at radius 3 is 2.35 bits per heavy atom. The van der Waals surface area contributed by atoms with E-state index in [4.69, 9.17) is 34.8 Å². The summed E-state index contributed by atoms with van der Waals surface area (Å²) in [4.78, 5) is 0. The zero-order chi connectivity index (χ0) is 14.7. The zero-order valence-corrected chi connectivity index (χ0v) is 14.1. The quantitative estimate of drug-likeness (QED) is 0.711. The molecule has 6 heteroatoms. The number of rotatable bonds is 4. The van der Waals surface area contributed by atoms with Crippen molar-refractivity contribution in [3.05, 3.63) is 61.5 Å². The summed E-state index contributed by atoms with van der Waals surface area (Å²) in [6, 6.07) is 10.7. The van der Waals surface area contributed by atoms with Gasteiger partial charge in [-0.2, -0.15) is 0 Å². The van der Waals surface area contributed by atoms with Gasteiger partial charge in [-0.15, -0.1) is 0 Å². The number of hydrogen-bond acceptors (Lipinski definition) is 2. The number of aliphatic hydroxyl groups excluding tert-OH is 1. The third-order valence-corrected chi connectivity index (χ3v) is 4.02. The molecule has 0 aromatic heterocycles. The van der Waals surface area contributed by atoms with Gasteiger partial charge in [-0.1, -0.05) is 62.9 Å². The Labute approximate surface area is 140 Å². The molecule has 0 saturated carbocycles. The van der Waals surface area contributed by atoms with Crippen LogP contribution in [0.5, 0.6) is 0 Å². The Bertz CT molecular complexity index is 598. The fraction of sp³-hybridized carbons (Fsp3) is 0.143. The fourth-order valence-corrected chi connectivity index (χ4v) is 3.11. The summed E-state index contributed by atoms with van der Waals surface area (Å²) in [5.41, 5.74) is 1.36. The molecule has 0 spiro atoms. The summed E-state index contributed by atoms with van der Waals surface area (Å²) < 4.78 is 0.914. The van der Waals surface area contributed by atoms with E-state index in [2.05, 4.69) is 21.2 Å². The molecule has 0 radical (unpaired) electrons. The van der Waals surface area contributed by atoms with Crippen molar-refractivity contribution < 1.29 is 5.11 Å². The van der Waals surface area contributed by atoms with Crippen LogP contribution in [0.1, 0.15) is 11.7 Å². The van der Waals surface area contributed by atoms with E-state index in [1.165, 1.54) is 0 Å². The van der Waals surface area contributed by atoms with E-state index in [0.29, 0.717) is 20.8 Å². The molecule has 2 aromatic rings. The molecule has 1 atom stereocenters. The molecular weight excluding hydrogens is 384 g/mol. The van der Waals surface area contributed by atoms with Crippen molar-refractivity contribution in [1.82, 2.24) is 0 Å². The molecule has 0 bridgehead atoms. The van der Waals surface area contributed by atoms with Gasteiger partial charge in [0.2, 0.25) is 0 Å². The van der Waals surface area contributed by atoms with Crippen LogP contribution >= 0.6 is 50.7 Å². The van der Waals surface area contributed by atoms with Crippen LogP contribution < -0.4 is 5.32 Å². The van der Waals surface area contributed by atoms with Crippen molar-refractivity contribution >= 4 is 56.4 Å². The third kappa shape index (κ3) is 4.03. The van der Waals surface area contributed by atoms with E-state index >= 15 is 0 Å². The van der Waals surface area contributed by atoms with Crippen LogP contribution in [0, 0.1) is 0 Å². The summed E-state index contributed by atoms with van der Waals surface area (Å²) in [7, 11) is 0. The van der Waals surface area contributed by atoms with E-state index in [1.54, 1.807) is 12.1 Å². The predicted molar refractivity (Wildman–Crippen MR) is 89.1 cm³/mol. The van der Waals surface area contributed by atoms with E-state index in [0.717, 1.165) is 10.0 Å². The first kappa shape index (κ1) is 15.9. The van der Waals surface area contributed by atoms with Crippen LogP contribution in [0.25, 0.3) is 0 Å². The lowest BCUT2D eigenvalue weighted by molar-refractivity contribution is 0.191. The van der Waals surface area contributed by atoms with Crippen molar-refractivity contribution in [2.45, 2.75) is 6.10 Å². The highest BCUT2D eigenvalue weighted by atomic mass is 79.9. The molecule has 2 rings (SSSR count). The van der Waals surface area contributed by atoms with Crippen LogP contribution in [0.3, 0.4) is 0 Å². The second-order valence-electron chi connectivity index (χ2n) is 4.20. The number of aliphatic hydroxyl groups is 1. The first-order valence-electron chi connectivity index (χ1n) is 5.79. The van der Waals surface area contributed by atoms with E-state index < -0.39 is 6.10 Å². The highest BCUT2D eigenvalue weighted by Gasteiger charge is 2.11. The summed E-state index contributed by atoms with van der Waals surface area (Å²) in [5, 5.41) is 14.5. The number of hydrogen-bond donors (Lipinski definition) is 2. The van der Waals surface area contributed by atoms with Gasteiger partial charge in [0.25, 0.3) is 0 Å². The smallest absolute Gasteiger partial charge is 0.0962 e. The molecular formula is C14H11BrCl3NO. The Balaban J connectivity index is 2.09. The van der Waals surface area contributed by atoms with Crippen molar-refractivity contribution in [2.24, 2.45) is 0 Å². The van der Waals surface area contributed by atoms with Crippen LogP contribution in [0.2, 0.25) is 15.1 Å². The maximum atomic E-state index is 10.1. The molecule has 20 heavy (non-hydrogen) atoms. The highest BCUT2D eigenvalue weighted by molar-refractivity contribution is 9.10. The van der Waals surface area contributed by atoms with E-state index in [1.807, 2.05) is 24.3 Å². The minimum atomic E-state index is -0.671. The summed E-state index contributed by atoms with van der Waals surface area (Å²) in [5.74, 6) is 0. The van der Waals surface area contributed by atoms with Crippen LogP contribution in [-0.2, 0) is 0 Å². The first-order valence-corrected chi connectivity index (χ1v) is 7.72. The second-order valence-corrected chi connectivity index (χ2v) is 6.36. The standard InChI is InChI=1S/C14H11BrCl3NO/c15-9-3-1-2-8(4-9)13(20)7-19-14-11(17)5-10(16)6-12(14)18/h1-6,13,19-20H,7H2. The summed E-state index contributed by atoms with van der Waals surface area (Å²) in [6.45, 7) is 0.289. The Hall–Kier alpha value is -0.450. The van der Waals surface area contributed by atoms with E-state index in [9.17, 15) is 5.11 Å². The molecule has 0 saturated heterocycles. The molecule has 2 N–H and O–H groups in total. The molecule has 0 aliphatic carbocycles. The molecule has 0 aliphatic rings. The molecule has 0 amide bonds. The molecule has 106 valence electrons. The van der Waals surface area contributed by atoms with Crippen LogP contribution in [-0.4, -0.2) is 11.7 Å². The lowest BCUT2D eigenvalue weighted by Crippen LogP contribution is -2.12. The van der Waals surface area contributed by atoms with Crippen molar-refractivity contribution in [1.29, 1.82) is 0 Å². The number of anilines is 1. The summed E-state index contributed by atoms with van der Waals surface area (Å²) >= 11 is 21.4. The van der Waals surface area contributed by atoms with Crippen LogP contribution in [0.15, 0.2) is 40.9 Å². The monoisotopic (exact) mass is 393 g/mol. The minimum absolute atomic E-state index is 0.289. The van der Waals surface area contributed by atoms with Gasteiger partial charge < -0.3 is 10.4 Å². The molecule has 2 nitrogen and oxygen atoms in total. The molecule has 0 aliphatic heterocycles. The topological polar surface area (TPSA) is 32.3 Å². The van der Waals surface area contributed by atoms with Gasteiger partial charge in [0.15, 0.2) is 0 Å².